The fourth-order valence-electron chi connectivity index (χ4n) is 2.19. The van der Waals surface area contributed by atoms with Crippen LogP contribution in [0.15, 0.2) is 42.5 Å². The second-order valence-corrected chi connectivity index (χ2v) is 4.74. The molecular formula is C17H18F2. The zero-order valence-electron chi connectivity index (χ0n) is 11.1. The summed E-state index contributed by atoms with van der Waals surface area (Å²) in [7, 11) is 0. The highest BCUT2D eigenvalue weighted by atomic mass is 19.1. The van der Waals surface area contributed by atoms with Crippen LogP contribution in [0.5, 0.6) is 0 Å². The van der Waals surface area contributed by atoms with E-state index in [9.17, 15) is 8.78 Å². The monoisotopic (exact) mass is 260 g/mol. The van der Waals surface area contributed by atoms with Gasteiger partial charge in [-0.3, -0.25) is 0 Å². The normalized spacial score (nSPS) is 10.7. The van der Waals surface area contributed by atoms with Gasteiger partial charge in [0, 0.05) is 5.56 Å². The van der Waals surface area contributed by atoms with Crippen LogP contribution in [0.25, 0.3) is 11.1 Å². The minimum atomic E-state index is -0.435. The summed E-state index contributed by atoms with van der Waals surface area (Å²) in [5, 5.41) is 0. The van der Waals surface area contributed by atoms with E-state index in [4.69, 9.17) is 0 Å². The Hall–Kier alpha value is -1.70. The molecule has 19 heavy (non-hydrogen) atoms. The first kappa shape index (κ1) is 13.7. The van der Waals surface area contributed by atoms with E-state index in [1.165, 1.54) is 12.1 Å². The van der Waals surface area contributed by atoms with Crippen LogP contribution in [0, 0.1) is 11.6 Å². The lowest BCUT2D eigenvalue weighted by molar-refractivity contribution is 0.546. The van der Waals surface area contributed by atoms with Gasteiger partial charge in [0.25, 0.3) is 0 Å². The minimum absolute atomic E-state index is 0.216. The molecule has 2 aromatic rings. The summed E-state index contributed by atoms with van der Waals surface area (Å²) in [5.41, 5.74) is 1.64. The van der Waals surface area contributed by atoms with Crippen LogP contribution < -0.4 is 0 Å². The van der Waals surface area contributed by atoms with Crippen molar-refractivity contribution in [2.75, 3.05) is 0 Å². The summed E-state index contributed by atoms with van der Waals surface area (Å²) in [5.74, 6) is -0.870. The van der Waals surface area contributed by atoms with Crippen molar-refractivity contribution in [1.29, 1.82) is 0 Å². The van der Waals surface area contributed by atoms with Crippen LogP contribution in [-0.2, 0) is 6.42 Å². The van der Waals surface area contributed by atoms with E-state index in [0.717, 1.165) is 24.8 Å². The predicted molar refractivity (Wildman–Crippen MR) is 75.0 cm³/mol. The maximum atomic E-state index is 14.0. The van der Waals surface area contributed by atoms with Crippen molar-refractivity contribution in [2.45, 2.75) is 32.6 Å². The molecule has 0 aliphatic rings. The molecule has 2 aromatic carbocycles. The Labute approximate surface area is 113 Å². The van der Waals surface area contributed by atoms with Crippen LogP contribution >= 0.6 is 0 Å². The number of unbranched alkanes of at least 4 members (excludes halogenated alkanes) is 2. The summed E-state index contributed by atoms with van der Waals surface area (Å²) >= 11 is 0. The van der Waals surface area contributed by atoms with Crippen molar-refractivity contribution in [3.05, 3.63) is 59.7 Å². The van der Waals surface area contributed by atoms with E-state index in [1.807, 2.05) is 30.3 Å². The minimum Gasteiger partial charge on any atom is -0.207 e. The van der Waals surface area contributed by atoms with Crippen LogP contribution in [0.4, 0.5) is 8.78 Å². The van der Waals surface area contributed by atoms with Crippen LogP contribution in [0.2, 0.25) is 0 Å². The van der Waals surface area contributed by atoms with Crippen LogP contribution in [-0.4, -0.2) is 0 Å². The SMILES string of the molecule is CCCCCc1c(F)cc(-c2ccccc2)cc1F. The first-order valence-corrected chi connectivity index (χ1v) is 6.75. The fraction of sp³-hybridized carbons (Fsp3) is 0.294. The number of hydrogen-bond donors (Lipinski definition) is 0. The first-order valence-electron chi connectivity index (χ1n) is 6.75. The van der Waals surface area contributed by atoms with E-state index < -0.39 is 11.6 Å². The number of halogens is 2. The van der Waals surface area contributed by atoms with E-state index in [-0.39, 0.29) is 5.56 Å². The zero-order valence-corrected chi connectivity index (χ0v) is 11.1. The van der Waals surface area contributed by atoms with Gasteiger partial charge < -0.3 is 0 Å². The summed E-state index contributed by atoms with van der Waals surface area (Å²) < 4.78 is 28.0. The fourth-order valence-corrected chi connectivity index (χ4v) is 2.19. The second-order valence-electron chi connectivity index (χ2n) is 4.74. The standard InChI is InChI=1S/C17H18F2/c1-2-3-5-10-15-16(18)11-14(12-17(15)19)13-8-6-4-7-9-13/h4,6-9,11-12H,2-3,5,10H2,1H3. The molecule has 0 radical (unpaired) electrons. The van der Waals surface area contributed by atoms with Crippen molar-refractivity contribution in [3.8, 4) is 11.1 Å². The molecule has 0 amide bonds. The smallest absolute Gasteiger partial charge is 0.129 e. The molecule has 0 fully saturated rings. The first-order chi connectivity index (χ1) is 9.22. The van der Waals surface area contributed by atoms with Gasteiger partial charge in [0.2, 0.25) is 0 Å². The Morgan fingerprint density at radius 3 is 2.05 bits per heavy atom. The lowest BCUT2D eigenvalue weighted by Gasteiger charge is -2.08. The molecule has 0 N–H and O–H groups in total. The Bertz CT molecular complexity index is 509. The zero-order chi connectivity index (χ0) is 13.7. The maximum Gasteiger partial charge on any atom is 0.129 e. The summed E-state index contributed by atoms with van der Waals surface area (Å²) in [6, 6.07) is 12.2. The third kappa shape index (κ3) is 3.40. The van der Waals surface area contributed by atoms with Gasteiger partial charge in [-0.1, -0.05) is 50.1 Å². The van der Waals surface area contributed by atoms with E-state index in [1.54, 1.807) is 0 Å². The lowest BCUT2D eigenvalue weighted by atomic mass is 10.00. The molecule has 0 aliphatic heterocycles. The lowest BCUT2D eigenvalue weighted by Crippen LogP contribution is -1.97. The molecule has 0 saturated carbocycles. The van der Waals surface area contributed by atoms with Gasteiger partial charge >= 0.3 is 0 Å². The average molecular weight is 260 g/mol. The van der Waals surface area contributed by atoms with Gasteiger partial charge in [0.05, 0.1) is 0 Å². The van der Waals surface area contributed by atoms with Crippen molar-refractivity contribution < 1.29 is 8.78 Å². The average Bonchev–Trinajstić information content (AvgIpc) is 2.43. The van der Waals surface area contributed by atoms with Gasteiger partial charge in [-0.15, -0.1) is 0 Å². The molecule has 0 atom stereocenters. The second kappa shape index (κ2) is 6.46. The molecule has 0 aromatic heterocycles. The number of hydrogen-bond acceptors (Lipinski definition) is 0. The van der Waals surface area contributed by atoms with Gasteiger partial charge in [-0.05, 0) is 36.1 Å². The maximum absolute atomic E-state index is 14.0. The van der Waals surface area contributed by atoms with Gasteiger partial charge in [-0.25, -0.2) is 8.78 Å². The Morgan fingerprint density at radius 1 is 0.842 bits per heavy atom. The molecule has 0 aliphatic carbocycles. The number of benzene rings is 2. The molecule has 0 unspecified atom stereocenters. The topological polar surface area (TPSA) is 0 Å². The molecular weight excluding hydrogens is 242 g/mol. The highest BCUT2D eigenvalue weighted by Crippen LogP contribution is 2.25. The Morgan fingerprint density at radius 2 is 1.47 bits per heavy atom. The molecule has 2 rings (SSSR count). The van der Waals surface area contributed by atoms with Gasteiger partial charge in [0.15, 0.2) is 0 Å². The Balaban J connectivity index is 2.26. The largest absolute Gasteiger partial charge is 0.207 e. The molecule has 0 heterocycles. The van der Waals surface area contributed by atoms with Crippen molar-refractivity contribution >= 4 is 0 Å². The molecule has 0 spiro atoms. The third-order valence-electron chi connectivity index (χ3n) is 3.28. The summed E-state index contributed by atoms with van der Waals surface area (Å²) in [4.78, 5) is 0. The summed E-state index contributed by atoms with van der Waals surface area (Å²) in [6.45, 7) is 2.07. The predicted octanol–water partition coefficient (Wildman–Crippen LogP) is 5.36. The van der Waals surface area contributed by atoms with Gasteiger partial charge in [0.1, 0.15) is 11.6 Å². The third-order valence-corrected chi connectivity index (χ3v) is 3.28. The van der Waals surface area contributed by atoms with Crippen molar-refractivity contribution in [2.24, 2.45) is 0 Å². The van der Waals surface area contributed by atoms with Crippen molar-refractivity contribution in [1.82, 2.24) is 0 Å². The number of rotatable bonds is 5. The molecule has 0 nitrogen and oxygen atoms in total. The Kier molecular flexibility index (Phi) is 4.67. The highest BCUT2D eigenvalue weighted by Gasteiger charge is 2.11. The summed E-state index contributed by atoms with van der Waals surface area (Å²) in [6.07, 6.45) is 3.35. The van der Waals surface area contributed by atoms with Crippen LogP contribution in [0.1, 0.15) is 31.7 Å². The molecule has 2 heteroatoms. The van der Waals surface area contributed by atoms with E-state index >= 15 is 0 Å². The van der Waals surface area contributed by atoms with Crippen molar-refractivity contribution in [3.63, 3.8) is 0 Å². The van der Waals surface area contributed by atoms with E-state index in [0.29, 0.717) is 12.0 Å². The molecule has 0 saturated heterocycles. The quantitative estimate of drug-likeness (QED) is 0.634. The van der Waals surface area contributed by atoms with Gasteiger partial charge in [-0.2, -0.15) is 0 Å². The van der Waals surface area contributed by atoms with E-state index in [2.05, 4.69) is 6.92 Å². The molecule has 100 valence electrons. The molecule has 0 bridgehead atoms. The van der Waals surface area contributed by atoms with Crippen LogP contribution in [0.3, 0.4) is 0 Å². The highest BCUT2D eigenvalue weighted by molar-refractivity contribution is 5.63.